The molecule has 0 atom stereocenters. The van der Waals surface area contributed by atoms with Crippen LogP contribution >= 0.6 is 0 Å². The van der Waals surface area contributed by atoms with Crippen LogP contribution in [0, 0.1) is 5.92 Å². The molecule has 2 N–H and O–H groups in total. The minimum Gasteiger partial charge on any atom is -0.382 e. The van der Waals surface area contributed by atoms with Gasteiger partial charge in [0, 0.05) is 18.8 Å². The van der Waals surface area contributed by atoms with Gasteiger partial charge in [0.1, 0.15) is 5.82 Å². The molecule has 0 bridgehead atoms. The Balaban J connectivity index is 1.83. The van der Waals surface area contributed by atoms with E-state index in [1.165, 1.54) is 32.2 Å². The summed E-state index contributed by atoms with van der Waals surface area (Å²) in [6.07, 6.45) is 7.19. The van der Waals surface area contributed by atoms with Gasteiger partial charge in [0.05, 0.1) is 5.69 Å². The number of pyridine rings is 1. The molecule has 1 heterocycles. The zero-order valence-corrected chi connectivity index (χ0v) is 8.89. The van der Waals surface area contributed by atoms with Crippen molar-refractivity contribution in [3.8, 4) is 0 Å². The molecule has 0 unspecified atom stereocenters. The first kappa shape index (κ1) is 9.01. The fourth-order valence-electron chi connectivity index (χ4n) is 2.06. The Kier molecular flexibility index (Phi) is 2.04. The van der Waals surface area contributed by atoms with Crippen molar-refractivity contribution < 1.29 is 0 Å². The van der Waals surface area contributed by atoms with Gasteiger partial charge in [-0.25, -0.2) is 4.98 Å². The highest BCUT2D eigenvalue weighted by molar-refractivity contribution is 5.64. The average molecular weight is 203 g/mol. The number of hydrogen-bond donors (Lipinski definition) is 1. The van der Waals surface area contributed by atoms with Crippen LogP contribution in [0.1, 0.15) is 25.7 Å². The summed E-state index contributed by atoms with van der Waals surface area (Å²) >= 11 is 0. The number of nitrogens with zero attached hydrogens (tertiary/aromatic N) is 2. The van der Waals surface area contributed by atoms with Crippen LogP contribution in [0.15, 0.2) is 18.3 Å². The molecule has 3 heteroatoms. The van der Waals surface area contributed by atoms with Gasteiger partial charge in [-0.15, -0.1) is 0 Å². The maximum atomic E-state index is 5.93. The minimum atomic E-state index is 0.685. The highest BCUT2D eigenvalue weighted by Crippen LogP contribution is 2.38. The van der Waals surface area contributed by atoms with E-state index in [1.807, 2.05) is 6.07 Å². The van der Waals surface area contributed by atoms with Gasteiger partial charge in [-0.2, -0.15) is 0 Å². The number of nitrogens with two attached hydrogens (primary N) is 1. The van der Waals surface area contributed by atoms with E-state index >= 15 is 0 Å². The molecule has 3 nitrogen and oxygen atoms in total. The molecule has 0 amide bonds. The molecule has 2 fully saturated rings. The standard InChI is InChI=1S/C12H17N3/c13-12-11(2-1-7-14-12)15(10-5-6-10)8-9-3-4-9/h1-2,7,9-10H,3-6,8H2,(H2,13,14). The first-order valence-electron chi connectivity index (χ1n) is 5.82. The molecular weight excluding hydrogens is 186 g/mol. The Bertz CT molecular complexity index is 356. The van der Waals surface area contributed by atoms with E-state index in [0.717, 1.165) is 17.6 Å². The smallest absolute Gasteiger partial charge is 0.146 e. The zero-order chi connectivity index (χ0) is 10.3. The summed E-state index contributed by atoms with van der Waals surface area (Å²) in [5.41, 5.74) is 7.08. The van der Waals surface area contributed by atoms with Gasteiger partial charge in [0.2, 0.25) is 0 Å². The summed E-state index contributed by atoms with van der Waals surface area (Å²) in [6, 6.07) is 4.81. The van der Waals surface area contributed by atoms with Crippen molar-refractivity contribution in [2.75, 3.05) is 17.2 Å². The third kappa shape index (κ3) is 1.91. The number of hydrogen-bond acceptors (Lipinski definition) is 3. The van der Waals surface area contributed by atoms with Crippen molar-refractivity contribution in [3.63, 3.8) is 0 Å². The van der Waals surface area contributed by atoms with Crippen molar-refractivity contribution in [1.82, 2.24) is 4.98 Å². The van der Waals surface area contributed by atoms with Crippen LogP contribution in [0.4, 0.5) is 11.5 Å². The molecule has 1 aromatic heterocycles. The van der Waals surface area contributed by atoms with Crippen LogP contribution in [0.5, 0.6) is 0 Å². The summed E-state index contributed by atoms with van der Waals surface area (Å²) in [4.78, 5) is 6.65. The van der Waals surface area contributed by atoms with Gasteiger partial charge in [-0.3, -0.25) is 0 Å². The molecule has 2 aliphatic carbocycles. The van der Waals surface area contributed by atoms with Gasteiger partial charge in [0.25, 0.3) is 0 Å². The molecule has 2 saturated carbocycles. The SMILES string of the molecule is Nc1ncccc1N(CC1CC1)C1CC1. The average Bonchev–Trinajstić information content (AvgIpc) is 3.10. The zero-order valence-electron chi connectivity index (χ0n) is 8.89. The van der Waals surface area contributed by atoms with Gasteiger partial charge in [-0.05, 0) is 43.7 Å². The van der Waals surface area contributed by atoms with E-state index in [9.17, 15) is 0 Å². The lowest BCUT2D eigenvalue weighted by Crippen LogP contribution is -2.28. The molecule has 0 aliphatic heterocycles. The van der Waals surface area contributed by atoms with Crippen molar-refractivity contribution in [2.45, 2.75) is 31.7 Å². The van der Waals surface area contributed by atoms with Crippen LogP contribution in [-0.2, 0) is 0 Å². The Hall–Kier alpha value is -1.25. The van der Waals surface area contributed by atoms with E-state index in [2.05, 4.69) is 16.0 Å². The van der Waals surface area contributed by atoms with Gasteiger partial charge in [0.15, 0.2) is 0 Å². The number of nitrogen functional groups attached to an aromatic ring is 1. The summed E-state index contributed by atoms with van der Waals surface area (Å²) in [6.45, 7) is 1.18. The summed E-state index contributed by atoms with van der Waals surface area (Å²) in [5, 5.41) is 0. The molecule has 0 spiro atoms. The van der Waals surface area contributed by atoms with E-state index < -0.39 is 0 Å². The Morgan fingerprint density at radius 3 is 2.73 bits per heavy atom. The van der Waals surface area contributed by atoms with Crippen LogP contribution in [0.25, 0.3) is 0 Å². The maximum Gasteiger partial charge on any atom is 0.146 e. The number of aromatic nitrogens is 1. The lowest BCUT2D eigenvalue weighted by atomic mass is 10.3. The van der Waals surface area contributed by atoms with Gasteiger partial charge in [-0.1, -0.05) is 0 Å². The summed E-state index contributed by atoms with van der Waals surface area (Å²) in [5.74, 6) is 1.59. The summed E-state index contributed by atoms with van der Waals surface area (Å²) < 4.78 is 0. The van der Waals surface area contributed by atoms with Gasteiger partial charge < -0.3 is 10.6 Å². The monoisotopic (exact) mass is 203 g/mol. The molecule has 1 aromatic rings. The van der Waals surface area contributed by atoms with Crippen LogP contribution in [0.2, 0.25) is 0 Å². The molecule has 80 valence electrons. The minimum absolute atomic E-state index is 0.685. The molecule has 15 heavy (non-hydrogen) atoms. The van der Waals surface area contributed by atoms with Crippen LogP contribution in [-0.4, -0.2) is 17.6 Å². The molecule has 0 aromatic carbocycles. The fourth-order valence-corrected chi connectivity index (χ4v) is 2.06. The first-order chi connectivity index (χ1) is 7.34. The highest BCUT2D eigenvalue weighted by atomic mass is 15.2. The molecule has 0 radical (unpaired) electrons. The van der Waals surface area contributed by atoms with Crippen LogP contribution in [0.3, 0.4) is 0 Å². The molecule has 0 saturated heterocycles. The van der Waals surface area contributed by atoms with E-state index in [-0.39, 0.29) is 0 Å². The second-order valence-electron chi connectivity index (χ2n) is 4.73. The second-order valence-corrected chi connectivity index (χ2v) is 4.73. The first-order valence-corrected chi connectivity index (χ1v) is 5.82. The lowest BCUT2D eigenvalue weighted by Gasteiger charge is -2.25. The van der Waals surface area contributed by atoms with E-state index in [4.69, 9.17) is 5.73 Å². The molecule has 3 rings (SSSR count). The Labute approximate surface area is 90.3 Å². The topological polar surface area (TPSA) is 42.1 Å². The predicted molar refractivity (Wildman–Crippen MR) is 61.7 cm³/mol. The van der Waals surface area contributed by atoms with E-state index in [0.29, 0.717) is 5.82 Å². The Morgan fingerprint density at radius 2 is 2.13 bits per heavy atom. The molecule has 2 aliphatic rings. The molecular formula is C12H17N3. The Morgan fingerprint density at radius 1 is 1.33 bits per heavy atom. The third-order valence-electron chi connectivity index (χ3n) is 3.27. The van der Waals surface area contributed by atoms with Crippen molar-refractivity contribution in [3.05, 3.63) is 18.3 Å². The second kappa shape index (κ2) is 3.40. The third-order valence-corrected chi connectivity index (χ3v) is 3.27. The number of rotatable bonds is 4. The van der Waals surface area contributed by atoms with Crippen molar-refractivity contribution in [2.24, 2.45) is 5.92 Å². The fraction of sp³-hybridized carbons (Fsp3) is 0.583. The van der Waals surface area contributed by atoms with Crippen molar-refractivity contribution in [1.29, 1.82) is 0 Å². The van der Waals surface area contributed by atoms with E-state index in [1.54, 1.807) is 6.20 Å². The highest BCUT2D eigenvalue weighted by Gasteiger charge is 2.34. The predicted octanol–water partition coefficient (Wildman–Crippen LogP) is 2.04. The lowest BCUT2D eigenvalue weighted by molar-refractivity contribution is 0.718. The normalized spacial score (nSPS) is 20.3. The quantitative estimate of drug-likeness (QED) is 0.814. The van der Waals surface area contributed by atoms with Gasteiger partial charge >= 0.3 is 0 Å². The largest absolute Gasteiger partial charge is 0.382 e. The maximum absolute atomic E-state index is 5.93. The summed E-state index contributed by atoms with van der Waals surface area (Å²) in [7, 11) is 0. The number of anilines is 2. The van der Waals surface area contributed by atoms with Crippen molar-refractivity contribution >= 4 is 11.5 Å². The van der Waals surface area contributed by atoms with Crippen LogP contribution < -0.4 is 10.6 Å².